The molecule has 0 saturated carbocycles. The topological polar surface area (TPSA) is 101 Å². The number of nitrogens with zero attached hydrogens (tertiary/aromatic N) is 7. The van der Waals surface area contributed by atoms with Gasteiger partial charge >= 0.3 is 0 Å². The Balaban J connectivity index is 1.65. The van der Waals surface area contributed by atoms with Gasteiger partial charge in [-0.25, -0.2) is 19.3 Å². The van der Waals surface area contributed by atoms with Crippen molar-refractivity contribution in [3.63, 3.8) is 0 Å². The minimum absolute atomic E-state index is 0.0264. The van der Waals surface area contributed by atoms with Gasteiger partial charge in [-0.3, -0.25) is 9.59 Å². The number of hydrogen-bond acceptors (Lipinski definition) is 7. The lowest BCUT2D eigenvalue weighted by molar-refractivity contribution is 0.0785. The molecule has 0 saturated heterocycles. The van der Waals surface area contributed by atoms with Gasteiger partial charge in [0.15, 0.2) is 11.5 Å². The summed E-state index contributed by atoms with van der Waals surface area (Å²) >= 11 is 0. The second-order valence-corrected chi connectivity index (χ2v) is 8.79. The first-order valence-electron chi connectivity index (χ1n) is 11.6. The van der Waals surface area contributed by atoms with Crippen LogP contribution in [0.5, 0.6) is 0 Å². The fraction of sp³-hybridized carbons (Fsp3) is 0.269. The molecule has 36 heavy (non-hydrogen) atoms. The highest BCUT2D eigenvalue weighted by Gasteiger charge is 2.18. The molecule has 0 aliphatic rings. The molecule has 186 valence electrons. The number of aryl methyl sites for hydroxylation is 1. The van der Waals surface area contributed by atoms with E-state index < -0.39 is 0 Å². The molecule has 0 aliphatic carbocycles. The maximum Gasteiger partial charge on any atom is 0.278 e. The summed E-state index contributed by atoms with van der Waals surface area (Å²) in [5.41, 5.74) is 2.42. The first kappa shape index (κ1) is 24.8. The minimum Gasteiger partial charge on any atom is -0.340 e. The Bertz CT molecular complexity index is 1460. The van der Waals surface area contributed by atoms with Gasteiger partial charge in [-0.05, 0) is 56.9 Å². The highest BCUT2D eigenvalue weighted by molar-refractivity contribution is 5.96. The number of aromatic nitrogens is 5. The van der Waals surface area contributed by atoms with Gasteiger partial charge in [0.25, 0.3) is 11.5 Å². The van der Waals surface area contributed by atoms with Crippen LogP contribution in [-0.4, -0.2) is 74.3 Å². The number of anilines is 2. The number of nitrogens with one attached hydrogen (secondary N) is 1. The average Bonchev–Trinajstić information content (AvgIpc) is 3.13. The Morgan fingerprint density at radius 1 is 1.14 bits per heavy atom. The summed E-state index contributed by atoms with van der Waals surface area (Å²) in [6.07, 6.45) is 4.82. The lowest BCUT2D eigenvalue weighted by atomic mass is 10.1. The number of fused-ring (bicyclic) bond motifs is 1. The van der Waals surface area contributed by atoms with Gasteiger partial charge in [0, 0.05) is 43.8 Å². The molecule has 4 rings (SSSR count). The summed E-state index contributed by atoms with van der Waals surface area (Å²) in [6, 6.07) is 11.0. The fourth-order valence-corrected chi connectivity index (χ4v) is 3.86. The van der Waals surface area contributed by atoms with Crippen LogP contribution in [0.3, 0.4) is 0 Å². The summed E-state index contributed by atoms with van der Waals surface area (Å²) in [5, 5.41) is 3.57. The van der Waals surface area contributed by atoms with E-state index in [4.69, 9.17) is 0 Å². The van der Waals surface area contributed by atoms with Crippen LogP contribution < -0.4 is 10.9 Å². The van der Waals surface area contributed by atoms with E-state index in [-0.39, 0.29) is 11.5 Å². The van der Waals surface area contributed by atoms with Gasteiger partial charge in [0.1, 0.15) is 5.39 Å². The van der Waals surface area contributed by atoms with Crippen molar-refractivity contribution in [1.82, 2.24) is 34.1 Å². The molecule has 0 aliphatic heterocycles. The Kier molecular flexibility index (Phi) is 7.25. The highest BCUT2D eigenvalue weighted by Crippen LogP contribution is 2.21. The smallest absolute Gasteiger partial charge is 0.278 e. The van der Waals surface area contributed by atoms with E-state index in [1.165, 1.54) is 10.9 Å². The molecule has 3 aromatic heterocycles. The quantitative estimate of drug-likeness (QED) is 0.363. The fourth-order valence-electron chi connectivity index (χ4n) is 3.86. The number of allylic oxidation sites excluding steroid dienone is 1. The van der Waals surface area contributed by atoms with Crippen molar-refractivity contribution in [3.8, 4) is 5.82 Å². The highest BCUT2D eigenvalue weighted by atomic mass is 16.2. The van der Waals surface area contributed by atoms with Crippen molar-refractivity contribution in [2.45, 2.75) is 13.5 Å². The van der Waals surface area contributed by atoms with E-state index in [2.05, 4.69) is 26.8 Å². The monoisotopic (exact) mass is 486 g/mol. The van der Waals surface area contributed by atoms with Gasteiger partial charge in [-0.15, -0.1) is 6.58 Å². The van der Waals surface area contributed by atoms with E-state index in [9.17, 15) is 9.59 Å². The van der Waals surface area contributed by atoms with E-state index in [1.54, 1.807) is 35.0 Å². The van der Waals surface area contributed by atoms with Gasteiger partial charge in [0.2, 0.25) is 5.95 Å². The van der Waals surface area contributed by atoms with E-state index in [0.29, 0.717) is 41.5 Å². The number of hydrogen-bond donors (Lipinski definition) is 1. The normalized spacial score (nSPS) is 11.1. The molecule has 0 fully saturated rings. The van der Waals surface area contributed by atoms with Crippen LogP contribution in [0.15, 0.2) is 66.2 Å². The lowest BCUT2D eigenvalue weighted by Gasteiger charge is -2.21. The van der Waals surface area contributed by atoms with Crippen molar-refractivity contribution in [2.24, 2.45) is 0 Å². The number of rotatable bonds is 9. The SMILES string of the molecule is C=CCn1c(=O)c2cnc(Nc3ccc(C(=O)N(C)CCN(C)C)c(C)c3)nc2n1-c1ccccn1. The molecule has 10 heteroatoms. The second-order valence-electron chi connectivity index (χ2n) is 8.79. The Morgan fingerprint density at radius 3 is 2.61 bits per heavy atom. The van der Waals surface area contributed by atoms with Gasteiger partial charge < -0.3 is 15.1 Å². The molecule has 0 unspecified atom stereocenters. The number of amides is 1. The molecule has 1 aromatic carbocycles. The summed E-state index contributed by atoms with van der Waals surface area (Å²) in [7, 11) is 5.77. The second kappa shape index (κ2) is 10.5. The van der Waals surface area contributed by atoms with Gasteiger partial charge in [-0.1, -0.05) is 12.1 Å². The third kappa shape index (κ3) is 5.03. The van der Waals surface area contributed by atoms with Crippen LogP contribution in [0.2, 0.25) is 0 Å². The zero-order valence-electron chi connectivity index (χ0n) is 21.0. The molecule has 0 atom stereocenters. The molecule has 1 amide bonds. The van der Waals surface area contributed by atoms with Gasteiger partial charge in [-0.2, -0.15) is 4.98 Å². The minimum atomic E-state index is -0.223. The number of likely N-dealkylation sites (N-methyl/N-ethyl adjacent to an activating group) is 2. The number of carbonyl (C=O) groups excluding carboxylic acids is 1. The van der Waals surface area contributed by atoms with Crippen molar-refractivity contribution < 1.29 is 4.79 Å². The number of carbonyl (C=O) groups is 1. The van der Waals surface area contributed by atoms with Crippen LogP contribution >= 0.6 is 0 Å². The molecular weight excluding hydrogens is 456 g/mol. The Hall–Kier alpha value is -4.31. The van der Waals surface area contributed by atoms with Crippen LogP contribution in [0.4, 0.5) is 11.6 Å². The lowest BCUT2D eigenvalue weighted by Crippen LogP contribution is -2.33. The molecule has 0 spiro atoms. The largest absolute Gasteiger partial charge is 0.340 e. The van der Waals surface area contributed by atoms with E-state index in [0.717, 1.165) is 17.8 Å². The van der Waals surface area contributed by atoms with E-state index in [1.807, 2.05) is 56.3 Å². The Labute approximate surface area is 209 Å². The summed E-state index contributed by atoms with van der Waals surface area (Å²) in [5.74, 6) is 0.860. The predicted molar refractivity (Wildman–Crippen MR) is 141 cm³/mol. The van der Waals surface area contributed by atoms with Crippen LogP contribution in [0.25, 0.3) is 16.9 Å². The van der Waals surface area contributed by atoms with Crippen LogP contribution in [0.1, 0.15) is 15.9 Å². The van der Waals surface area contributed by atoms with Crippen molar-refractivity contribution in [2.75, 3.05) is 39.5 Å². The first-order chi connectivity index (χ1) is 17.3. The molecule has 0 radical (unpaired) electrons. The summed E-state index contributed by atoms with van der Waals surface area (Å²) in [6.45, 7) is 7.39. The Morgan fingerprint density at radius 2 is 1.94 bits per heavy atom. The predicted octanol–water partition coefficient (Wildman–Crippen LogP) is 2.85. The molecule has 10 nitrogen and oxygen atoms in total. The summed E-state index contributed by atoms with van der Waals surface area (Å²) in [4.78, 5) is 43.0. The van der Waals surface area contributed by atoms with E-state index >= 15 is 0 Å². The van der Waals surface area contributed by atoms with Crippen LogP contribution in [0, 0.1) is 6.92 Å². The molecular formula is C26H30N8O2. The molecule has 4 aromatic rings. The third-order valence-corrected chi connectivity index (χ3v) is 5.79. The van der Waals surface area contributed by atoms with Crippen molar-refractivity contribution in [3.05, 3.63) is 82.9 Å². The molecule has 3 heterocycles. The maximum atomic E-state index is 13.0. The zero-order chi connectivity index (χ0) is 25.8. The van der Waals surface area contributed by atoms with Crippen LogP contribution in [-0.2, 0) is 6.54 Å². The van der Waals surface area contributed by atoms with Crippen molar-refractivity contribution >= 4 is 28.6 Å². The molecule has 0 bridgehead atoms. The summed E-state index contributed by atoms with van der Waals surface area (Å²) < 4.78 is 3.19. The van der Waals surface area contributed by atoms with Gasteiger partial charge in [0.05, 0.1) is 6.54 Å². The third-order valence-electron chi connectivity index (χ3n) is 5.79. The maximum absolute atomic E-state index is 13.0. The average molecular weight is 487 g/mol. The first-order valence-corrected chi connectivity index (χ1v) is 11.6. The zero-order valence-corrected chi connectivity index (χ0v) is 21.0. The van der Waals surface area contributed by atoms with Crippen molar-refractivity contribution in [1.29, 1.82) is 0 Å². The number of pyridine rings is 1. The number of benzene rings is 1. The standard InChI is InChI=1S/C26H30N8O2/c1-6-13-33-25(36)21-17-28-26(30-23(21)34(33)22-9-7-8-12-27-22)29-19-10-11-20(18(2)16-19)24(35)32(5)15-14-31(3)4/h6-12,16-17H,1,13-15H2,2-5H3,(H,28,29,30). The molecule has 1 N–H and O–H groups in total.